The largest absolute Gasteiger partial charge is 0.497 e. The fraction of sp³-hybridized carbons (Fsp3) is 0.250. The summed E-state index contributed by atoms with van der Waals surface area (Å²) in [5.41, 5.74) is 0.766. The summed E-state index contributed by atoms with van der Waals surface area (Å²) in [5.74, 6) is 0.920. The molecule has 25 heavy (non-hydrogen) atoms. The Morgan fingerprint density at radius 3 is 2.80 bits per heavy atom. The maximum atomic E-state index is 12.1. The number of nitrogens with one attached hydrogen (secondary N) is 1. The molecule has 130 valence electrons. The Morgan fingerprint density at radius 2 is 2.08 bits per heavy atom. The van der Waals surface area contributed by atoms with Crippen molar-refractivity contribution in [2.24, 2.45) is 0 Å². The van der Waals surface area contributed by atoms with Crippen LogP contribution in [-0.2, 0) is 4.74 Å². The molecule has 0 saturated heterocycles. The minimum atomic E-state index is -0.614. The lowest BCUT2D eigenvalue weighted by Gasteiger charge is -2.12. The minimum absolute atomic E-state index is 0.00168. The van der Waals surface area contributed by atoms with Crippen LogP contribution in [0.2, 0.25) is 0 Å². The third-order valence-corrected chi connectivity index (χ3v) is 3.40. The van der Waals surface area contributed by atoms with Crippen LogP contribution in [0.15, 0.2) is 29.0 Å². The van der Waals surface area contributed by atoms with Crippen molar-refractivity contribution in [1.29, 1.82) is 0 Å². The molecular formula is C16H16N4O5. The maximum absolute atomic E-state index is 12.1. The van der Waals surface area contributed by atoms with Crippen molar-refractivity contribution in [3.8, 4) is 11.5 Å². The topological polar surface area (TPSA) is 109 Å². The SMILES string of the molecule is CCOC(=O)c1noc2ncnc(Nc3cc(OC)ccc3OC)c12. The van der Waals surface area contributed by atoms with Gasteiger partial charge in [0.2, 0.25) is 5.69 Å². The van der Waals surface area contributed by atoms with Gasteiger partial charge in [-0.2, -0.15) is 4.98 Å². The zero-order chi connectivity index (χ0) is 17.8. The Kier molecular flexibility index (Phi) is 4.64. The van der Waals surface area contributed by atoms with E-state index in [1.54, 1.807) is 39.3 Å². The van der Waals surface area contributed by atoms with Crippen molar-refractivity contribution in [3.63, 3.8) is 0 Å². The molecule has 0 aliphatic carbocycles. The van der Waals surface area contributed by atoms with Crippen molar-refractivity contribution in [2.75, 3.05) is 26.1 Å². The molecule has 2 aromatic heterocycles. The van der Waals surface area contributed by atoms with E-state index in [0.717, 1.165) is 0 Å². The van der Waals surface area contributed by atoms with Gasteiger partial charge in [0.05, 0.1) is 26.5 Å². The fourth-order valence-corrected chi connectivity index (χ4v) is 2.26. The summed E-state index contributed by atoms with van der Waals surface area (Å²) in [6.07, 6.45) is 1.30. The molecule has 2 heterocycles. The van der Waals surface area contributed by atoms with E-state index in [1.807, 2.05) is 0 Å². The van der Waals surface area contributed by atoms with Gasteiger partial charge < -0.3 is 24.1 Å². The van der Waals surface area contributed by atoms with Gasteiger partial charge in [-0.25, -0.2) is 9.78 Å². The first-order valence-electron chi connectivity index (χ1n) is 7.44. The van der Waals surface area contributed by atoms with Crippen molar-refractivity contribution in [2.45, 2.75) is 6.92 Å². The predicted octanol–water partition coefficient (Wildman–Crippen LogP) is 2.56. The molecule has 0 radical (unpaired) electrons. The molecule has 0 spiro atoms. The van der Waals surface area contributed by atoms with Gasteiger partial charge in [-0.3, -0.25) is 0 Å². The molecule has 9 heteroatoms. The summed E-state index contributed by atoms with van der Waals surface area (Å²) in [4.78, 5) is 20.2. The molecule has 1 aromatic carbocycles. The third-order valence-electron chi connectivity index (χ3n) is 3.40. The smallest absolute Gasteiger partial charge is 0.361 e. The average Bonchev–Trinajstić information content (AvgIpc) is 3.07. The van der Waals surface area contributed by atoms with E-state index in [2.05, 4.69) is 20.4 Å². The van der Waals surface area contributed by atoms with Crippen LogP contribution in [0.1, 0.15) is 17.4 Å². The van der Waals surface area contributed by atoms with Gasteiger partial charge in [0.15, 0.2) is 0 Å². The number of carbonyl (C=O) groups excluding carboxylic acids is 1. The van der Waals surface area contributed by atoms with Crippen molar-refractivity contribution in [3.05, 3.63) is 30.2 Å². The molecule has 3 rings (SSSR count). The molecular weight excluding hydrogens is 328 g/mol. The second-order valence-corrected chi connectivity index (χ2v) is 4.85. The number of fused-ring (bicyclic) bond motifs is 1. The van der Waals surface area contributed by atoms with Crippen molar-refractivity contribution < 1.29 is 23.5 Å². The van der Waals surface area contributed by atoms with Crippen LogP contribution in [0.3, 0.4) is 0 Å². The second-order valence-electron chi connectivity index (χ2n) is 4.85. The third kappa shape index (κ3) is 3.16. The van der Waals surface area contributed by atoms with Crippen LogP contribution in [0.25, 0.3) is 11.1 Å². The molecule has 3 aromatic rings. The van der Waals surface area contributed by atoms with Crippen LogP contribution in [-0.4, -0.2) is 41.9 Å². The lowest BCUT2D eigenvalue weighted by molar-refractivity contribution is 0.0517. The van der Waals surface area contributed by atoms with Crippen LogP contribution in [0.4, 0.5) is 11.5 Å². The number of anilines is 2. The number of ether oxygens (including phenoxy) is 3. The van der Waals surface area contributed by atoms with Gasteiger partial charge in [0.1, 0.15) is 29.0 Å². The standard InChI is InChI=1S/C16H16N4O5/c1-4-24-16(21)13-12-14(17-8-18-15(12)25-20-13)19-10-7-9(22-2)5-6-11(10)23-3/h5-8H,4H2,1-3H3,(H,17,18,19). The number of benzene rings is 1. The Bertz CT molecular complexity index is 909. The van der Waals surface area contributed by atoms with E-state index in [-0.39, 0.29) is 18.0 Å². The van der Waals surface area contributed by atoms with E-state index in [1.165, 1.54) is 6.33 Å². The van der Waals surface area contributed by atoms with Gasteiger partial charge in [-0.05, 0) is 19.1 Å². The molecule has 9 nitrogen and oxygen atoms in total. The van der Waals surface area contributed by atoms with Gasteiger partial charge in [0, 0.05) is 6.07 Å². The van der Waals surface area contributed by atoms with Crippen molar-refractivity contribution >= 4 is 28.6 Å². The molecule has 0 bridgehead atoms. The van der Waals surface area contributed by atoms with E-state index < -0.39 is 5.97 Å². The van der Waals surface area contributed by atoms with E-state index in [4.69, 9.17) is 18.7 Å². The fourth-order valence-electron chi connectivity index (χ4n) is 2.26. The lowest BCUT2D eigenvalue weighted by Crippen LogP contribution is -2.07. The van der Waals surface area contributed by atoms with Crippen molar-refractivity contribution in [1.82, 2.24) is 15.1 Å². The first-order chi connectivity index (χ1) is 12.2. The molecule has 0 atom stereocenters. The average molecular weight is 344 g/mol. The first-order valence-corrected chi connectivity index (χ1v) is 7.44. The number of carbonyl (C=O) groups is 1. The highest BCUT2D eigenvalue weighted by atomic mass is 16.5. The Hall–Kier alpha value is -3.36. The Balaban J connectivity index is 2.08. The van der Waals surface area contributed by atoms with Crippen LogP contribution in [0.5, 0.6) is 11.5 Å². The van der Waals surface area contributed by atoms with Crippen LogP contribution in [0, 0.1) is 0 Å². The molecule has 0 fully saturated rings. The molecule has 0 unspecified atom stereocenters. The second kappa shape index (κ2) is 7.04. The zero-order valence-corrected chi connectivity index (χ0v) is 13.9. The molecule has 0 aliphatic rings. The van der Waals surface area contributed by atoms with Gasteiger partial charge >= 0.3 is 5.97 Å². The highest BCUT2D eigenvalue weighted by Crippen LogP contribution is 2.33. The summed E-state index contributed by atoms with van der Waals surface area (Å²) in [5, 5.41) is 7.17. The van der Waals surface area contributed by atoms with Gasteiger partial charge in [0.25, 0.3) is 5.71 Å². The molecule has 0 saturated carbocycles. The minimum Gasteiger partial charge on any atom is -0.497 e. The lowest BCUT2D eigenvalue weighted by atomic mass is 10.2. The summed E-state index contributed by atoms with van der Waals surface area (Å²) in [6.45, 7) is 1.92. The number of esters is 1. The number of rotatable bonds is 6. The van der Waals surface area contributed by atoms with E-state index in [9.17, 15) is 4.79 Å². The zero-order valence-electron chi connectivity index (χ0n) is 13.9. The highest BCUT2D eigenvalue weighted by Gasteiger charge is 2.22. The molecule has 0 amide bonds. The summed E-state index contributed by atoms with van der Waals surface area (Å²) < 4.78 is 20.6. The summed E-state index contributed by atoms with van der Waals surface area (Å²) in [7, 11) is 3.11. The normalized spacial score (nSPS) is 10.5. The number of hydrogen-bond donors (Lipinski definition) is 1. The predicted molar refractivity (Wildman–Crippen MR) is 88.4 cm³/mol. The first kappa shape index (κ1) is 16.5. The summed E-state index contributed by atoms with van der Waals surface area (Å²) in [6, 6.07) is 5.26. The quantitative estimate of drug-likeness (QED) is 0.675. The van der Waals surface area contributed by atoms with E-state index >= 15 is 0 Å². The number of methoxy groups -OCH3 is 2. The van der Waals surface area contributed by atoms with Gasteiger partial charge in [-0.1, -0.05) is 5.16 Å². The van der Waals surface area contributed by atoms with Crippen LogP contribution >= 0.6 is 0 Å². The monoisotopic (exact) mass is 344 g/mol. The Labute approximate surface area is 142 Å². The number of hydrogen-bond acceptors (Lipinski definition) is 9. The highest BCUT2D eigenvalue weighted by molar-refractivity contribution is 6.05. The molecule has 1 N–H and O–H groups in total. The van der Waals surface area contributed by atoms with Gasteiger partial charge in [-0.15, -0.1) is 0 Å². The maximum Gasteiger partial charge on any atom is 0.361 e. The number of aromatic nitrogens is 3. The Morgan fingerprint density at radius 1 is 1.24 bits per heavy atom. The summed E-state index contributed by atoms with van der Waals surface area (Å²) >= 11 is 0. The number of nitrogens with zero attached hydrogens (tertiary/aromatic N) is 3. The van der Waals surface area contributed by atoms with E-state index in [0.29, 0.717) is 28.4 Å². The van der Waals surface area contributed by atoms with Crippen LogP contribution < -0.4 is 14.8 Å². The molecule has 0 aliphatic heterocycles.